The molecule has 0 saturated heterocycles. The van der Waals surface area contributed by atoms with Gasteiger partial charge in [0.2, 0.25) is 5.91 Å². The molecule has 0 unspecified atom stereocenters. The summed E-state index contributed by atoms with van der Waals surface area (Å²) in [5.41, 5.74) is 1.16. The Labute approximate surface area is 151 Å². The van der Waals surface area contributed by atoms with E-state index in [2.05, 4.69) is 5.32 Å². The molecule has 128 valence electrons. The smallest absolute Gasteiger partial charge is 0.224 e. The average molecular weight is 386 g/mol. The zero-order valence-electron chi connectivity index (χ0n) is 12.8. The van der Waals surface area contributed by atoms with Crippen molar-refractivity contribution in [2.45, 2.75) is 18.6 Å². The largest absolute Gasteiger partial charge is 0.325 e. The summed E-state index contributed by atoms with van der Waals surface area (Å²) < 4.78 is 24.1. The number of hydrogen-bond donors (Lipinski definition) is 1. The predicted molar refractivity (Wildman–Crippen MR) is 98.3 cm³/mol. The summed E-state index contributed by atoms with van der Waals surface area (Å²) in [6, 6.07) is 13.7. The highest BCUT2D eigenvalue weighted by molar-refractivity contribution is 7.90. The van der Waals surface area contributed by atoms with Crippen LogP contribution in [0, 0.1) is 0 Å². The molecular weight excluding hydrogens is 369 g/mol. The van der Waals surface area contributed by atoms with E-state index >= 15 is 0 Å². The van der Waals surface area contributed by atoms with Gasteiger partial charge in [-0.2, -0.15) is 0 Å². The van der Waals surface area contributed by atoms with E-state index in [-0.39, 0.29) is 30.3 Å². The Kier molecular flexibility index (Phi) is 6.66. The maximum atomic E-state index is 12.1. The normalized spacial score (nSPS) is 11.2. The molecule has 0 spiro atoms. The summed E-state index contributed by atoms with van der Waals surface area (Å²) in [6.45, 7) is 0. The summed E-state index contributed by atoms with van der Waals surface area (Å²) in [6.07, 6.45) is 0.343. The molecule has 7 heteroatoms. The van der Waals surface area contributed by atoms with Gasteiger partial charge in [0.15, 0.2) is 9.84 Å². The lowest BCUT2D eigenvalue weighted by Crippen LogP contribution is -2.15. The molecule has 0 fully saturated rings. The van der Waals surface area contributed by atoms with Gasteiger partial charge in [-0.1, -0.05) is 53.5 Å². The lowest BCUT2D eigenvalue weighted by Gasteiger charge is -2.08. The minimum Gasteiger partial charge on any atom is -0.325 e. The number of halogens is 2. The van der Waals surface area contributed by atoms with Crippen LogP contribution in [0.5, 0.6) is 0 Å². The highest BCUT2D eigenvalue weighted by atomic mass is 35.5. The van der Waals surface area contributed by atoms with Crippen LogP contribution in [-0.2, 0) is 20.4 Å². The van der Waals surface area contributed by atoms with Crippen LogP contribution in [0.2, 0.25) is 10.0 Å². The first-order valence-electron chi connectivity index (χ1n) is 7.35. The van der Waals surface area contributed by atoms with Crippen molar-refractivity contribution >= 4 is 44.6 Å². The van der Waals surface area contributed by atoms with Gasteiger partial charge in [0.05, 0.1) is 22.2 Å². The standard InChI is InChI=1S/C17H17Cl2NO3S/c18-14-8-9-15(19)16(11-14)20-17(21)7-4-10-24(22,23)12-13-5-2-1-3-6-13/h1-3,5-6,8-9,11H,4,7,10,12H2,(H,20,21). The number of benzene rings is 2. The molecule has 0 aliphatic carbocycles. The zero-order valence-corrected chi connectivity index (χ0v) is 15.2. The van der Waals surface area contributed by atoms with Gasteiger partial charge in [0.25, 0.3) is 0 Å². The second-order valence-electron chi connectivity index (χ2n) is 5.35. The molecule has 0 bridgehead atoms. The third-order valence-electron chi connectivity index (χ3n) is 3.29. The molecule has 0 heterocycles. The number of rotatable bonds is 7. The van der Waals surface area contributed by atoms with Gasteiger partial charge >= 0.3 is 0 Å². The van der Waals surface area contributed by atoms with E-state index in [9.17, 15) is 13.2 Å². The maximum absolute atomic E-state index is 12.1. The zero-order chi connectivity index (χ0) is 17.6. The SMILES string of the molecule is O=C(CCCS(=O)(=O)Cc1ccccc1)Nc1cc(Cl)ccc1Cl. The van der Waals surface area contributed by atoms with Crippen LogP contribution in [-0.4, -0.2) is 20.1 Å². The van der Waals surface area contributed by atoms with Crippen molar-refractivity contribution in [3.63, 3.8) is 0 Å². The molecule has 0 radical (unpaired) electrons. The highest BCUT2D eigenvalue weighted by Crippen LogP contribution is 2.25. The summed E-state index contributed by atoms with van der Waals surface area (Å²) in [4.78, 5) is 11.9. The molecule has 2 rings (SSSR count). The Bertz CT molecular complexity index is 808. The fraction of sp³-hybridized carbons (Fsp3) is 0.235. The lowest BCUT2D eigenvalue weighted by molar-refractivity contribution is -0.116. The fourth-order valence-corrected chi connectivity index (χ4v) is 3.92. The van der Waals surface area contributed by atoms with E-state index in [1.165, 1.54) is 0 Å². The molecule has 2 aromatic carbocycles. The van der Waals surface area contributed by atoms with Gasteiger partial charge < -0.3 is 5.32 Å². The highest BCUT2D eigenvalue weighted by Gasteiger charge is 2.13. The number of hydrogen-bond acceptors (Lipinski definition) is 3. The van der Waals surface area contributed by atoms with Gasteiger partial charge in [0.1, 0.15) is 0 Å². The van der Waals surface area contributed by atoms with Crippen LogP contribution in [0.15, 0.2) is 48.5 Å². The van der Waals surface area contributed by atoms with Crippen molar-refractivity contribution in [2.24, 2.45) is 0 Å². The third kappa shape index (κ3) is 6.15. The van der Waals surface area contributed by atoms with Crippen molar-refractivity contribution in [3.05, 3.63) is 64.1 Å². The van der Waals surface area contributed by atoms with Gasteiger partial charge in [0, 0.05) is 11.4 Å². The quantitative estimate of drug-likeness (QED) is 0.771. The van der Waals surface area contributed by atoms with Crippen molar-refractivity contribution in [1.82, 2.24) is 0 Å². The van der Waals surface area contributed by atoms with Gasteiger partial charge in [-0.3, -0.25) is 4.79 Å². The number of nitrogens with one attached hydrogen (secondary N) is 1. The first-order chi connectivity index (χ1) is 11.4. The summed E-state index contributed by atoms with van der Waals surface area (Å²) in [5, 5.41) is 3.47. The number of carbonyl (C=O) groups is 1. The fourth-order valence-electron chi connectivity index (χ4n) is 2.16. The summed E-state index contributed by atoms with van der Waals surface area (Å²) >= 11 is 11.8. The molecule has 24 heavy (non-hydrogen) atoms. The molecule has 0 saturated carbocycles. The van der Waals surface area contributed by atoms with Crippen molar-refractivity contribution in [1.29, 1.82) is 0 Å². The minimum absolute atomic E-state index is 0.0183. The maximum Gasteiger partial charge on any atom is 0.224 e. The minimum atomic E-state index is -3.25. The molecule has 0 atom stereocenters. The van der Waals surface area contributed by atoms with E-state index in [0.717, 1.165) is 5.56 Å². The molecule has 0 aliphatic heterocycles. The Morgan fingerprint density at radius 1 is 1.04 bits per heavy atom. The topological polar surface area (TPSA) is 63.2 Å². The number of anilines is 1. The van der Waals surface area contributed by atoms with E-state index < -0.39 is 9.84 Å². The third-order valence-corrected chi connectivity index (χ3v) is 5.54. The average Bonchev–Trinajstić information content (AvgIpc) is 2.51. The summed E-state index contributed by atoms with van der Waals surface area (Å²) in [7, 11) is -3.25. The van der Waals surface area contributed by atoms with Crippen LogP contribution in [0.25, 0.3) is 0 Å². The number of amides is 1. The van der Waals surface area contributed by atoms with Crippen LogP contribution in [0.4, 0.5) is 5.69 Å². The Morgan fingerprint density at radius 2 is 1.75 bits per heavy atom. The molecule has 2 aromatic rings. The molecule has 0 aliphatic rings. The van der Waals surface area contributed by atoms with Crippen molar-refractivity contribution < 1.29 is 13.2 Å². The van der Waals surface area contributed by atoms with Gasteiger partial charge in [-0.25, -0.2) is 8.42 Å². The molecule has 4 nitrogen and oxygen atoms in total. The predicted octanol–water partition coefficient (Wildman–Crippen LogP) is 4.33. The molecule has 0 aromatic heterocycles. The molecular formula is C17H17Cl2NO3S. The molecule has 1 N–H and O–H groups in total. The van der Waals surface area contributed by atoms with Crippen molar-refractivity contribution in [2.75, 3.05) is 11.1 Å². The Hall–Kier alpha value is -1.56. The Balaban J connectivity index is 1.82. The van der Waals surface area contributed by atoms with Crippen LogP contribution in [0.1, 0.15) is 18.4 Å². The van der Waals surface area contributed by atoms with E-state index in [0.29, 0.717) is 15.7 Å². The van der Waals surface area contributed by atoms with E-state index in [1.807, 2.05) is 6.07 Å². The Morgan fingerprint density at radius 3 is 2.46 bits per heavy atom. The van der Waals surface area contributed by atoms with Crippen LogP contribution >= 0.6 is 23.2 Å². The second kappa shape index (κ2) is 8.51. The second-order valence-corrected chi connectivity index (χ2v) is 8.38. The van der Waals surface area contributed by atoms with Crippen molar-refractivity contribution in [3.8, 4) is 0 Å². The van der Waals surface area contributed by atoms with Crippen LogP contribution < -0.4 is 5.32 Å². The van der Waals surface area contributed by atoms with E-state index in [4.69, 9.17) is 23.2 Å². The number of carbonyl (C=O) groups excluding carboxylic acids is 1. The van der Waals surface area contributed by atoms with Gasteiger partial charge in [-0.05, 0) is 30.2 Å². The first-order valence-corrected chi connectivity index (χ1v) is 9.93. The summed E-state index contributed by atoms with van der Waals surface area (Å²) in [5.74, 6) is -0.358. The molecule has 1 amide bonds. The number of sulfone groups is 1. The monoisotopic (exact) mass is 385 g/mol. The van der Waals surface area contributed by atoms with Crippen LogP contribution in [0.3, 0.4) is 0 Å². The van der Waals surface area contributed by atoms with Gasteiger partial charge in [-0.15, -0.1) is 0 Å². The first kappa shape index (κ1) is 18.8. The van der Waals surface area contributed by atoms with E-state index in [1.54, 1.807) is 42.5 Å². The lowest BCUT2D eigenvalue weighted by atomic mass is 10.2.